The second-order valence-electron chi connectivity index (χ2n) is 11.4. The first-order valence-corrected chi connectivity index (χ1v) is 13.4. The number of nitrogens with two attached hydrogens (primary N) is 1. The fourth-order valence-corrected chi connectivity index (χ4v) is 5.67. The van der Waals surface area contributed by atoms with E-state index in [0.717, 1.165) is 25.9 Å². The Labute approximate surface area is 222 Å². The van der Waals surface area contributed by atoms with Crippen LogP contribution in [0.25, 0.3) is 0 Å². The van der Waals surface area contributed by atoms with E-state index in [4.69, 9.17) is 10.5 Å². The van der Waals surface area contributed by atoms with Gasteiger partial charge in [-0.2, -0.15) is 0 Å². The minimum absolute atomic E-state index is 0.0722. The van der Waals surface area contributed by atoms with Gasteiger partial charge in [-0.05, 0) is 76.2 Å². The molecule has 208 valence electrons. The predicted octanol–water partition coefficient (Wildman–Crippen LogP) is 4.31. The number of rotatable bonds is 8. The summed E-state index contributed by atoms with van der Waals surface area (Å²) >= 11 is 0. The van der Waals surface area contributed by atoms with Gasteiger partial charge in [0.15, 0.2) is 0 Å². The molecule has 0 radical (unpaired) electrons. The monoisotopic (exact) mass is 533 g/mol. The van der Waals surface area contributed by atoms with Gasteiger partial charge in [0, 0.05) is 31.6 Å². The summed E-state index contributed by atoms with van der Waals surface area (Å²) in [6.45, 7) is 6.02. The predicted molar refractivity (Wildman–Crippen MR) is 140 cm³/mol. The van der Waals surface area contributed by atoms with Crippen LogP contribution in [0.3, 0.4) is 0 Å². The molecule has 9 heteroatoms. The molecule has 2 fully saturated rings. The van der Waals surface area contributed by atoms with Crippen molar-refractivity contribution in [1.82, 2.24) is 9.80 Å². The fraction of sp³-hybridized carbons (Fsp3) is 0.586. The first-order chi connectivity index (χ1) is 18.0. The van der Waals surface area contributed by atoms with Crippen LogP contribution in [0.4, 0.5) is 13.2 Å². The van der Waals surface area contributed by atoms with Crippen LogP contribution >= 0.6 is 0 Å². The number of piperidine rings is 2. The number of hydrogen-bond donors (Lipinski definition) is 1. The van der Waals surface area contributed by atoms with Gasteiger partial charge in [0.25, 0.3) is 5.91 Å². The minimum atomic E-state index is -2.44. The summed E-state index contributed by atoms with van der Waals surface area (Å²) in [4.78, 5) is 28.2. The quantitative estimate of drug-likeness (QED) is 0.541. The van der Waals surface area contributed by atoms with E-state index in [2.05, 4.69) is 4.90 Å². The maximum Gasteiger partial charge on any atom is 0.265 e. The number of halogens is 3. The van der Waals surface area contributed by atoms with Gasteiger partial charge in [0.1, 0.15) is 17.2 Å². The zero-order chi connectivity index (χ0) is 27.5. The number of nitrogens with zero attached hydrogens (tertiary/aromatic N) is 2. The van der Waals surface area contributed by atoms with Crippen LogP contribution in [0.5, 0.6) is 5.75 Å². The molecule has 0 spiro atoms. The summed E-state index contributed by atoms with van der Waals surface area (Å²) in [5.41, 5.74) is 1.77. The Morgan fingerprint density at radius 3 is 2.39 bits per heavy atom. The third-order valence-corrected chi connectivity index (χ3v) is 7.82. The van der Waals surface area contributed by atoms with Crippen molar-refractivity contribution in [3.63, 3.8) is 0 Å². The third kappa shape index (κ3) is 6.60. The lowest BCUT2D eigenvalue weighted by Crippen LogP contribution is -2.52. The number of likely N-dealkylation sites (tertiary alicyclic amines) is 2. The molecule has 1 aromatic carbocycles. The summed E-state index contributed by atoms with van der Waals surface area (Å²) in [6, 6.07) is 4.33. The van der Waals surface area contributed by atoms with Crippen LogP contribution in [-0.4, -0.2) is 72.3 Å². The molecule has 4 rings (SSSR count). The van der Waals surface area contributed by atoms with Gasteiger partial charge in [0.05, 0.1) is 12.5 Å². The van der Waals surface area contributed by atoms with Gasteiger partial charge in [-0.25, -0.2) is 13.2 Å². The molecule has 2 atom stereocenters. The Balaban J connectivity index is 1.38. The number of alkyl halides is 2. The van der Waals surface area contributed by atoms with E-state index in [0.29, 0.717) is 31.7 Å². The molecule has 2 amide bonds. The molecule has 2 saturated heterocycles. The molecular weight excluding hydrogens is 495 g/mol. The van der Waals surface area contributed by atoms with Crippen LogP contribution < -0.4 is 10.5 Å². The molecule has 2 heterocycles. The normalized spacial score (nSPS) is 25.5. The molecule has 0 aromatic heterocycles. The van der Waals surface area contributed by atoms with Crippen LogP contribution in [0.2, 0.25) is 0 Å². The van der Waals surface area contributed by atoms with Crippen molar-refractivity contribution in [2.24, 2.45) is 17.6 Å². The maximum absolute atomic E-state index is 16.3. The topological polar surface area (TPSA) is 75.9 Å². The van der Waals surface area contributed by atoms with Crippen molar-refractivity contribution >= 4 is 11.8 Å². The Bertz CT molecular complexity index is 1070. The van der Waals surface area contributed by atoms with Gasteiger partial charge >= 0.3 is 0 Å². The highest BCUT2D eigenvalue weighted by Crippen LogP contribution is 2.41. The molecule has 0 saturated carbocycles. The maximum atomic E-state index is 16.3. The summed E-state index contributed by atoms with van der Waals surface area (Å²) in [7, 11) is 0. The summed E-state index contributed by atoms with van der Waals surface area (Å²) in [6.07, 6.45) is 8.26. The highest BCUT2D eigenvalue weighted by atomic mass is 19.1. The minimum Gasteiger partial charge on any atom is -0.493 e. The third-order valence-electron chi connectivity index (χ3n) is 7.82. The van der Waals surface area contributed by atoms with Crippen molar-refractivity contribution in [1.29, 1.82) is 0 Å². The van der Waals surface area contributed by atoms with E-state index in [9.17, 15) is 14.0 Å². The standard InChI is InChI=1S/C29H38F3N3O3/c1-28(2,31)19-34-13-8-20(9-14-34)18-38-22-6-7-23(25(30)17-22)24-5-3-4-12-29(24,32)27(37)35-15-10-21(11-16-35)26(33)36/h3-7,12,17,20-21,24H,8-11,13-16,18-19H2,1-2H3,(H2,33,36). The number of carbonyl (C=O) groups excluding carboxylic acids is 2. The lowest BCUT2D eigenvalue weighted by atomic mass is 9.78. The lowest BCUT2D eigenvalue weighted by molar-refractivity contribution is -0.144. The van der Waals surface area contributed by atoms with Crippen LogP contribution in [0.15, 0.2) is 42.5 Å². The average Bonchev–Trinajstić information content (AvgIpc) is 2.87. The Hall–Kier alpha value is -2.81. The second-order valence-corrected chi connectivity index (χ2v) is 11.4. The summed E-state index contributed by atoms with van der Waals surface area (Å²) in [5, 5.41) is 0. The number of carbonyl (C=O) groups is 2. The number of ether oxygens (including phenoxy) is 1. The molecule has 0 bridgehead atoms. The SMILES string of the molecule is CC(C)(F)CN1CCC(COc2ccc(C3C=CC=CC3(F)C(=O)N3CCC(C(N)=O)CC3)c(F)c2)CC1. The smallest absolute Gasteiger partial charge is 0.265 e. The van der Waals surface area contributed by atoms with E-state index < -0.39 is 34.9 Å². The lowest BCUT2D eigenvalue weighted by Gasteiger charge is -2.38. The van der Waals surface area contributed by atoms with E-state index in [1.165, 1.54) is 35.3 Å². The van der Waals surface area contributed by atoms with Gasteiger partial charge in [-0.15, -0.1) is 0 Å². The summed E-state index contributed by atoms with van der Waals surface area (Å²) in [5.74, 6) is -2.63. The largest absolute Gasteiger partial charge is 0.493 e. The van der Waals surface area contributed by atoms with Crippen molar-refractivity contribution in [2.75, 3.05) is 39.3 Å². The highest BCUT2D eigenvalue weighted by Gasteiger charge is 2.48. The molecule has 3 aliphatic rings. The van der Waals surface area contributed by atoms with E-state index in [-0.39, 0.29) is 30.5 Å². The first-order valence-electron chi connectivity index (χ1n) is 13.4. The number of primary amides is 1. The Kier molecular flexibility index (Phi) is 8.55. The molecule has 1 aliphatic carbocycles. The highest BCUT2D eigenvalue weighted by molar-refractivity contribution is 5.90. The molecule has 6 nitrogen and oxygen atoms in total. The van der Waals surface area contributed by atoms with Crippen molar-refractivity contribution < 1.29 is 27.5 Å². The van der Waals surface area contributed by atoms with E-state index in [1.807, 2.05) is 0 Å². The van der Waals surface area contributed by atoms with E-state index >= 15 is 8.78 Å². The van der Waals surface area contributed by atoms with Crippen molar-refractivity contribution in [3.05, 3.63) is 53.9 Å². The molecule has 2 unspecified atom stereocenters. The number of benzene rings is 1. The summed E-state index contributed by atoms with van der Waals surface area (Å²) < 4.78 is 51.4. The second kappa shape index (κ2) is 11.5. The van der Waals surface area contributed by atoms with Gasteiger partial charge in [-0.1, -0.05) is 24.3 Å². The Morgan fingerprint density at radius 1 is 1.11 bits per heavy atom. The van der Waals surface area contributed by atoms with E-state index in [1.54, 1.807) is 26.0 Å². The number of hydrogen-bond acceptors (Lipinski definition) is 4. The zero-order valence-electron chi connectivity index (χ0n) is 22.2. The van der Waals surface area contributed by atoms with Gasteiger partial charge in [0.2, 0.25) is 11.6 Å². The number of allylic oxidation sites excluding steroid dienone is 3. The number of amides is 2. The molecular formula is C29H38F3N3O3. The van der Waals surface area contributed by atoms with Crippen molar-refractivity contribution in [3.8, 4) is 5.75 Å². The zero-order valence-corrected chi connectivity index (χ0v) is 22.2. The van der Waals surface area contributed by atoms with Crippen LogP contribution in [0, 0.1) is 17.7 Å². The van der Waals surface area contributed by atoms with Crippen molar-refractivity contribution in [2.45, 2.75) is 56.8 Å². The molecule has 38 heavy (non-hydrogen) atoms. The fourth-order valence-electron chi connectivity index (χ4n) is 5.67. The first kappa shape index (κ1) is 28.2. The molecule has 2 aliphatic heterocycles. The average molecular weight is 534 g/mol. The van der Waals surface area contributed by atoms with Gasteiger partial charge in [-0.3, -0.25) is 9.59 Å². The van der Waals surface area contributed by atoms with Gasteiger partial charge < -0.3 is 20.3 Å². The Morgan fingerprint density at radius 2 is 1.79 bits per heavy atom. The van der Waals surface area contributed by atoms with Crippen LogP contribution in [-0.2, 0) is 9.59 Å². The molecule has 2 N–H and O–H groups in total. The molecule has 1 aromatic rings. The van der Waals surface area contributed by atoms with Crippen LogP contribution in [0.1, 0.15) is 51.0 Å².